The van der Waals surface area contributed by atoms with E-state index in [1.807, 2.05) is 4.90 Å². The highest BCUT2D eigenvalue weighted by atomic mass is 16.4. The molecule has 1 N–H and O–H groups in total. The third-order valence-corrected chi connectivity index (χ3v) is 4.87. The number of likely N-dealkylation sites (tertiary alicyclic amines) is 1. The summed E-state index contributed by atoms with van der Waals surface area (Å²) in [5, 5.41) is 16.2. The maximum atomic E-state index is 12.8. The van der Waals surface area contributed by atoms with Crippen LogP contribution in [0.3, 0.4) is 0 Å². The number of rotatable bonds is 5. The fourth-order valence-electron chi connectivity index (χ4n) is 3.38. The van der Waals surface area contributed by atoms with E-state index in [1.54, 1.807) is 0 Å². The molecule has 1 aromatic heterocycles. The molecule has 1 aliphatic rings. The van der Waals surface area contributed by atoms with E-state index in [1.165, 1.54) is 16.4 Å². The molecule has 0 saturated carbocycles. The summed E-state index contributed by atoms with van der Waals surface area (Å²) in [5.74, 6) is -0.738. The summed E-state index contributed by atoms with van der Waals surface area (Å²) in [6.45, 7) is 5.03. The van der Waals surface area contributed by atoms with Gasteiger partial charge in [0.15, 0.2) is 5.69 Å². The standard InChI is InChI=1S/C19H24N4O3/c1-13(2)14-6-8-15(9-7-14)17-5-3-4-10-23(17)18(24)12-22-11-16(19(25)26)20-21-22/h6-9,11,13,17H,3-5,10,12H2,1-2H3,(H,25,26). The fourth-order valence-corrected chi connectivity index (χ4v) is 3.38. The lowest BCUT2D eigenvalue weighted by molar-refractivity contribution is -0.136. The van der Waals surface area contributed by atoms with Gasteiger partial charge in [0, 0.05) is 6.54 Å². The van der Waals surface area contributed by atoms with Gasteiger partial charge >= 0.3 is 5.97 Å². The van der Waals surface area contributed by atoms with Crippen LogP contribution in [0.15, 0.2) is 30.5 Å². The summed E-state index contributed by atoms with van der Waals surface area (Å²) in [6, 6.07) is 8.55. The van der Waals surface area contributed by atoms with E-state index in [-0.39, 0.29) is 24.2 Å². The average Bonchev–Trinajstić information content (AvgIpc) is 3.10. The predicted molar refractivity (Wildman–Crippen MR) is 95.8 cm³/mol. The number of hydrogen-bond donors (Lipinski definition) is 1. The van der Waals surface area contributed by atoms with E-state index in [0.29, 0.717) is 12.5 Å². The summed E-state index contributed by atoms with van der Waals surface area (Å²) >= 11 is 0. The van der Waals surface area contributed by atoms with Crippen LogP contribution in [0.4, 0.5) is 0 Å². The van der Waals surface area contributed by atoms with Crippen LogP contribution in [-0.2, 0) is 11.3 Å². The minimum Gasteiger partial charge on any atom is -0.476 e. The van der Waals surface area contributed by atoms with Crippen molar-refractivity contribution in [1.29, 1.82) is 0 Å². The van der Waals surface area contributed by atoms with E-state index in [4.69, 9.17) is 5.11 Å². The zero-order valence-electron chi connectivity index (χ0n) is 15.1. The molecule has 7 nitrogen and oxygen atoms in total. The molecule has 1 aliphatic heterocycles. The van der Waals surface area contributed by atoms with Crippen molar-refractivity contribution in [3.8, 4) is 0 Å². The van der Waals surface area contributed by atoms with Crippen molar-refractivity contribution in [1.82, 2.24) is 19.9 Å². The molecule has 1 amide bonds. The molecule has 138 valence electrons. The average molecular weight is 356 g/mol. The van der Waals surface area contributed by atoms with Crippen molar-refractivity contribution in [2.24, 2.45) is 0 Å². The Morgan fingerprint density at radius 3 is 2.58 bits per heavy atom. The largest absolute Gasteiger partial charge is 0.476 e. The molecule has 0 bridgehead atoms. The fraction of sp³-hybridized carbons (Fsp3) is 0.474. The van der Waals surface area contributed by atoms with Gasteiger partial charge < -0.3 is 10.0 Å². The quantitative estimate of drug-likeness (QED) is 0.890. The van der Waals surface area contributed by atoms with E-state index in [0.717, 1.165) is 24.8 Å². The molecule has 1 fully saturated rings. The second-order valence-corrected chi connectivity index (χ2v) is 7.03. The number of carboxylic acids is 1. The van der Waals surface area contributed by atoms with Gasteiger partial charge in [-0.3, -0.25) is 4.79 Å². The van der Waals surface area contributed by atoms with Crippen LogP contribution in [-0.4, -0.2) is 43.4 Å². The number of hydrogen-bond acceptors (Lipinski definition) is 4. The second kappa shape index (κ2) is 7.68. The molecule has 1 aromatic carbocycles. The summed E-state index contributed by atoms with van der Waals surface area (Å²) in [5.41, 5.74) is 2.27. The number of carboxylic acid groups (broad SMARTS) is 1. The van der Waals surface area contributed by atoms with Crippen LogP contribution in [0.25, 0.3) is 0 Å². The van der Waals surface area contributed by atoms with Gasteiger partial charge in [-0.15, -0.1) is 5.10 Å². The summed E-state index contributed by atoms with van der Waals surface area (Å²) < 4.78 is 1.29. The van der Waals surface area contributed by atoms with Crippen molar-refractivity contribution in [3.63, 3.8) is 0 Å². The highest BCUT2D eigenvalue weighted by Crippen LogP contribution is 2.32. The molecule has 7 heteroatoms. The summed E-state index contributed by atoms with van der Waals surface area (Å²) in [6.07, 6.45) is 4.29. The summed E-state index contributed by atoms with van der Waals surface area (Å²) in [7, 11) is 0. The third-order valence-electron chi connectivity index (χ3n) is 4.87. The molecular formula is C19H24N4O3. The highest BCUT2D eigenvalue weighted by molar-refractivity contribution is 5.84. The monoisotopic (exact) mass is 356 g/mol. The number of nitrogens with zero attached hydrogens (tertiary/aromatic N) is 4. The molecule has 1 atom stereocenters. The smallest absolute Gasteiger partial charge is 0.358 e. The lowest BCUT2D eigenvalue weighted by atomic mass is 9.93. The van der Waals surface area contributed by atoms with Crippen molar-refractivity contribution in [2.45, 2.75) is 51.6 Å². The van der Waals surface area contributed by atoms with Gasteiger partial charge in [-0.05, 0) is 36.3 Å². The molecule has 26 heavy (non-hydrogen) atoms. The van der Waals surface area contributed by atoms with Gasteiger partial charge in [-0.2, -0.15) is 0 Å². The van der Waals surface area contributed by atoms with Crippen LogP contribution < -0.4 is 0 Å². The Bertz CT molecular complexity index is 782. The zero-order valence-corrected chi connectivity index (χ0v) is 15.1. The first kappa shape index (κ1) is 18.1. The maximum absolute atomic E-state index is 12.8. The second-order valence-electron chi connectivity index (χ2n) is 7.03. The topological polar surface area (TPSA) is 88.3 Å². The Labute approximate surface area is 152 Å². The van der Waals surface area contributed by atoms with Gasteiger partial charge in [-0.25, -0.2) is 9.48 Å². The number of aromatic carboxylic acids is 1. The van der Waals surface area contributed by atoms with E-state index in [9.17, 15) is 9.59 Å². The third kappa shape index (κ3) is 3.92. The number of carbonyl (C=O) groups excluding carboxylic acids is 1. The predicted octanol–water partition coefficient (Wildman–Crippen LogP) is 2.85. The van der Waals surface area contributed by atoms with Crippen molar-refractivity contribution < 1.29 is 14.7 Å². The van der Waals surface area contributed by atoms with Gasteiger partial charge in [0.2, 0.25) is 5.91 Å². The lowest BCUT2D eigenvalue weighted by Crippen LogP contribution is -2.40. The van der Waals surface area contributed by atoms with Crippen molar-refractivity contribution in [3.05, 3.63) is 47.3 Å². The molecule has 1 unspecified atom stereocenters. The van der Waals surface area contributed by atoms with Crippen LogP contribution in [0, 0.1) is 0 Å². The summed E-state index contributed by atoms with van der Waals surface area (Å²) in [4.78, 5) is 25.6. The highest BCUT2D eigenvalue weighted by Gasteiger charge is 2.28. The maximum Gasteiger partial charge on any atom is 0.358 e. The molecule has 0 radical (unpaired) electrons. The first-order valence-corrected chi connectivity index (χ1v) is 8.98. The van der Waals surface area contributed by atoms with Gasteiger partial charge in [0.1, 0.15) is 6.54 Å². The first-order valence-electron chi connectivity index (χ1n) is 8.98. The Morgan fingerprint density at radius 2 is 1.96 bits per heavy atom. The van der Waals surface area contributed by atoms with Crippen LogP contribution in [0.1, 0.15) is 66.7 Å². The Kier molecular flexibility index (Phi) is 5.35. The Balaban J connectivity index is 1.75. The number of benzene rings is 1. The normalized spacial score (nSPS) is 17.5. The minimum absolute atomic E-state index is 0.000851. The molecule has 0 spiro atoms. The molecule has 2 aromatic rings. The molecule has 3 rings (SSSR count). The van der Waals surface area contributed by atoms with E-state index >= 15 is 0 Å². The first-order chi connectivity index (χ1) is 12.5. The number of piperidine rings is 1. The van der Waals surface area contributed by atoms with Crippen LogP contribution >= 0.6 is 0 Å². The van der Waals surface area contributed by atoms with E-state index < -0.39 is 5.97 Å². The van der Waals surface area contributed by atoms with Crippen LogP contribution in [0.5, 0.6) is 0 Å². The Hall–Kier alpha value is -2.70. The van der Waals surface area contributed by atoms with Crippen molar-refractivity contribution in [2.75, 3.05) is 6.54 Å². The number of aromatic nitrogens is 3. The van der Waals surface area contributed by atoms with Gasteiger partial charge in [0.05, 0.1) is 12.2 Å². The van der Waals surface area contributed by atoms with Crippen molar-refractivity contribution >= 4 is 11.9 Å². The number of amides is 1. The lowest BCUT2D eigenvalue weighted by Gasteiger charge is -2.36. The van der Waals surface area contributed by atoms with E-state index in [2.05, 4.69) is 48.4 Å². The molecule has 2 heterocycles. The van der Waals surface area contributed by atoms with Crippen LogP contribution in [0.2, 0.25) is 0 Å². The Morgan fingerprint density at radius 1 is 1.23 bits per heavy atom. The number of carbonyl (C=O) groups is 2. The molecular weight excluding hydrogens is 332 g/mol. The molecule has 0 aliphatic carbocycles. The minimum atomic E-state index is -1.15. The zero-order chi connectivity index (χ0) is 18.7. The van der Waals surface area contributed by atoms with Gasteiger partial charge in [0.25, 0.3) is 0 Å². The SMILES string of the molecule is CC(C)c1ccc(C2CCCCN2C(=O)Cn2cc(C(=O)O)nn2)cc1. The molecule has 1 saturated heterocycles. The van der Waals surface area contributed by atoms with Gasteiger partial charge in [-0.1, -0.05) is 43.3 Å².